The average molecular weight is 244 g/mol. The van der Waals surface area contributed by atoms with Gasteiger partial charge < -0.3 is 5.73 Å². The molecule has 1 heterocycles. The molecule has 0 bridgehead atoms. The van der Waals surface area contributed by atoms with Gasteiger partial charge in [-0.1, -0.05) is 31.4 Å². The van der Waals surface area contributed by atoms with E-state index in [1.54, 1.807) is 11.3 Å². The summed E-state index contributed by atoms with van der Waals surface area (Å²) in [6, 6.07) is 2.09. The number of halogens is 1. The predicted octanol–water partition coefficient (Wildman–Crippen LogP) is 4.37. The Bertz CT molecular complexity index is 328. The van der Waals surface area contributed by atoms with E-state index in [2.05, 4.69) is 6.92 Å². The fourth-order valence-electron chi connectivity index (χ4n) is 2.77. The first-order valence-corrected chi connectivity index (χ1v) is 6.94. The van der Waals surface area contributed by atoms with Crippen molar-refractivity contribution in [3.8, 4) is 0 Å². The van der Waals surface area contributed by atoms with Crippen molar-refractivity contribution in [1.29, 1.82) is 0 Å². The molecule has 1 unspecified atom stereocenters. The van der Waals surface area contributed by atoms with Crippen LogP contribution in [-0.2, 0) is 0 Å². The van der Waals surface area contributed by atoms with E-state index in [0.717, 1.165) is 5.02 Å². The Balaban J connectivity index is 2.26. The van der Waals surface area contributed by atoms with Crippen LogP contribution in [0.15, 0.2) is 11.4 Å². The summed E-state index contributed by atoms with van der Waals surface area (Å²) in [4.78, 5) is 1.18. The highest BCUT2D eigenvalue weighted by Crippen LogP contribution is 2.50. The van der Waals surface area contributed by atoms with Gasteiger partial charge in [0.05, 0.1) is 5.02 Å². The first-order chi connectivity index (χ1) is 7.19. The summed E-state index contributed by atoms with van der Waals surface area (Å²) >= 11 is 7.86. The summed E-state index contributed by atoms with van der Waals surface area (Å²) in [5, 5.41) is 2.89. The molecule has 0 spiro atoms. The Labute approximate surface area is 101 Å². The molecule has 1 saturated carbocycles. The zero-order chi connectivity index (χ0) is 10.9. The highest BCUT2D eigenvalue weighted by molar-refractivity contribution is 7.10. The third-order valence-corrected chi connectivity index (χ3v) is 5.33. The minimum absolute atomic E-state index is 0.137. The fourth-order valence-corrected chi connectivity index (χ4v) is 4.09. The predicted molar refractivity (Wildman–Crippen MR) is 67.4 cm³/mol. The second-order valence-corrected chi connectivity index (χ2v) is 5.89. The van der Waals surface area contributed by atoms with Gasteiger partial charge in [0.2, 0.25) is 0 Å². The zero-order valence-corrected chi connectivity index (χ0v) is 10.7. The fraction of sp³-hybridized carbons (Fsp3) is 0.667. The number of rotatable bonds is 3. The van der Waals surface area contributed by atoms with Crippen LogP contribution in [0.1, 0.15) is 49.9 Å². The largest absolute Gasteiger partial charge is 0.323 e. The molecule has 1 aromatic heterocycles. The van der Waals surface area contributed by atoms with Gasteiger partial charge in [0, 0.05) is 10.9 Å². The van der Waals surface area contributed by atoms with E-state index < -0.39 is 0 Å². The normalized spacial score (nSPS) is 21.8. The molecule has 1 atom stereocenters. The van der Waals surface area contributed by atoms with Crippen molar-refractivity contribution in [3.63, 3.8) is 0 Å². The SMILES string of the molecule is CCC1(C(N)c2sccc2Cl)CCCC1. The minimum atomic E-state index is 0.137. The van der Waals surface area contributed by atoms with Crippen molar-refractivity contribution < 1.29 is 0 Å². The molecular formula is C12H18ClNS. The van der Waals surface area contributed by atoms with Crippen molar-refractivity contribution in [1.82, 2.24) is 0 Å². The van der Waals surface area contributed by atoms with Gasteiger partial charge >= 0.3 is 0 Å². The average Bonchev–Trinajstić information content (AvgIpc) is 2.86. The van der Waals surface area contributed by atoms with Gasteiger partial charge in [0.25, 0.3) is 0 Å². The Hall–Kier alpha value is -0.0500. The van der Waals surface area contributed by atoms with E-state index in [-0.39, 0.29) is 6.04 Å². The summed E-state index contributed by atoms with van der Waals surface area (Å²) < 4.78 is 0. The molecular weight excluding hydrogens is 226 g/mol. The van der Waals surface area contributed by atoms with Crippen LogP contribution in [0.2, 0.25) is 5.02 Å². The topological polar surface area (TPSA) is 26.0 Å². The van der Waals surface area contributed by atoms with Gasteiger partial charge in [-0.15, -0.1) is 11.3 Å². The molecule has 0 radical (unpaired) electrons. The van der Waals surface area contributed by atoms with E-state index in [4.69, 9.17) is 17.3 Å². The molecule has 15 heavy (non-hydrogen) atoms. The van der Waals surface area contributed by atoms with E-state index in [0.29, 0.717) is 5.41 Å². The molecule has 1 aliphatic carbocycles. The molecule has 0 aromatic carbocycles. The molecule has 0 amide bonds. The molecule has 0 aliphatic heterocycles. The Morgan fingerprint density at radius 2 is 2.20 bits per heavy atom. The maximum Gasteiger partial charge on any atom is 0.0561 e. The van der Waals surface area contributed by atoms with Gasteiger partial charge in [-0.3, -0.25) is 0 Å². The van der Waals surface area contributed by atoms with Crippen molar-refractivity contribution in [2.24, 2.45) is 11.1 Å². The Morgan fingerprint density at radius 3 is 2.67 bits per heavy atom. The smallest absolute Gasteiger partial charge is 0.0561 e. The lowest BCUT2D eigenvalue weighted by Gasteiger charge is -2.34. The molecule has 1 nitrogen and oxygen atoms in total. The van der Waals surface area contributed by atoms with Gasteiger partial charge in [0.1, 0.15) is 0 Å². The first-order valence-electron chi connectivity index (χ1n) is 5.68. The second-order valence-electron chi connectivity index (χ2n) is 4.53. The van der Waals surface area contributed by atoms with Crippen molar-refractivity contribution in [3.05, 3.63) is 21.3 Å². The van der Waals surface area contributed by atoms with Crippen LogP contribution in [0, 0.1) is 5.41 Å². The highest BCUT2D eigenvalue weighted by atomic mass is 35.5. The lowest BCUT2D eigenvalue weighted by atomic mass is 9.76. The molecule has 3 heteroatoms. The number of nitrogens with two attached hydrogens (primary N) is 1. The standard InChI is InChI=1S/C12H18ClNS/c1-2-12(6-3-4-7-12)11(14)10-9(13)5-8-15-10/h5,8,11H,2-4,6-7,14H2,1H3. The minimum Gasteiger partial charge on any atom is -0.323 e. The number of hydrogen-bond acceptors (Lipinski definition) is 2. The van der Waals surface area contributed by atoms with Gasteiger partial charge in [-0.2, -0.15) is 0 Å². The van der Waals surface area contributed by atoms with E-state index in [1.165, 1.54) is 37.0 Å². The summed E-state index contributed by atoms with van der Waals surface area (Å²) in [5.41, 5.74) is 6.73. The summed E-state index contributed by atoms with van der Waals surface area (Å²) in [7, 11) is 0. The first kappa shape index (κ1) is 11.4. The van der Waals surface area contributed by atoms with Crippen molar-refractivity contribution in [2.75, 3.05) is 0 Å². The lowest BCUT2D eigenvalue weighted by Crippen LogP contribution is -2.31. The molecule has 2 rings (SSSR count). The van der Waals surface area contributed by atoms with Gasteiger partial charge in [-0.05, 0) is 36.1 Å². The summed E-state index contributed by atoms with van der Waals surface area (Å²) in [6.07, 6.45) is 6.34. The zero-order valence-electron chi connectivity index (χ0n) is 9.13. The second kappa shape index (κ2) is 4.44. The van der Waals surface area contributed by atoms with Crippen LogP contribution in [-0.4, -0.2) is 0 Å². The lowest BCUT2D eigenvalue weighted by molar-refractivity contribution is 0.225. The van der Waals surface area contributed by atoms with Crippen molar-refractivity contribution in [2.45, 2.75) is 45.1 Å². The number of thiophene rings is 1. The Kier molecular flexibility index (Phi) is 3.39. The van der Waals surface area contributed by atoms with Crippen LogP contribution in [0.25, 0.3) is 0 Å². The third kappa shape index (κ3) is 1.95. The molecule has 0 saturated heterocycles. The van der Waals surface area contributed by atoms with Crippen LogP contribution in [0.5, 0.6) is 0 Å². The molecule has 84 valence electrons. The third-order valence-electron chi connectivity index (χ3n) is 3.89. The maximum atomic E-state index is 6.42. The van der Waals surface area contributed by atoms with Crippen LogP contribution < -0.4 is 5.73 Å². The van der Waals surface area contributed by atoms with E-state index in [9.17, 15) is 0 Å². The molecule has 1 fully saturated rings. The highest BCUT2D eigenvalue weighted by Gasteiger charge is 2.39. The molecule has 1 aromatic rings. The van der Waals surface area contributed by atoms with Gasteiger partial charge in [0.15, 0.2) is 0 Å². The monoisotopic (exact) mass is 243 g/mol. The maximum absolute atomic E-state index is 6.42. The van der Waals surface area contributed by atoms with E-state index in [1.807, 2.05) is 11.4 Å². The van der Waals surface area contributed by atoms with Crippen molar-refractivity contribution >= 4 is 22.9 Å². The van der Waals surface area contributed by atoms with Gasteiger partial charge in [-0.25, -0.2) is 0 Å². The van der Waals surface area contributed by atoms with E-state index >= 15 is 0 Å². The van der Waals surface area contributed by atoms with Crippen LogP contribution in [0.4, 0.5) is 0 Å². The Morgan fingerprint density at radius 1 is 1.53 bits per heavy atom. The van der Waals surface area contributed by atoms with Crippen LogP contribution >= 0.6 is 22.9 Å². The van der Waals surface area contributed by atoms with Crippen LogP contribution in [0.3, 0.4) is 0 Å². The summed E-state index contributed by atoms with van der Waals surface area (Å²) in [5.74, 6) is 0. The quantitative estimate of drug-likeness (QED) is 0.838. The molecule has 2 N–H and O–H groups in total. The number of hydrogen-bond donors (Lipinski definition) is 1. The summed E-state index contributed by atoms with van der Waals surface area (Å²) in [6.45, 7) is 2.26. The molecule has 1 aliphatic rings.